The summed E-state index contributed by atoms with van der Waals surface area (Å²) in [5.74, 6) is -0.120. The first-order valence-electron chi connectivity index (χ1n) is 5.50. The van der Waals surface area contributed by atoms with Gasteiger partial charge < -0.3 is 21.0 Å². The van der Waals surface area contributed by atoms with Gasteiger partial charge in [-0.15, -0.1) is 0 Å². The highest BCUT2D eigenvalue weighted by Gasteiger charge is 2.15. The smallest absolute Gasteiger partial charge is 0.222 e. The van der Waals surface area contributed by atoms with E-state index in [-0.39, 0.29) is 18.2 Å². The summed E-state index contributed by atoms with van der Waals surface area (Å²) in [6.07, 6.45) is 1.77. The van der Waals surface area contributed by atoms with Gasteiger partial charge in [0.15, 0.2) is 5.84 Å². The summed E-state index contributed by atoms with van der Waals surface area (Å²) in [7, 11) is 0. The molecule has 1 amide bonds. The fraction of sp³-hybridized carbons (Fsp3) is 0.800. The van der Waals surface area contributed by atoms with Crippen LogP contribution >= 0.6 is 0 Å². The van der Waals surface area contributed by atoms with E-state index in [0.29, 0.717) is 19.6 Å². The number of nitrogens with zero attached hydrogens (tertiary/aromatic N) is 1. The average molecular weight is 231 g/mol. The molecule has 0 radical (unpaired) electrons. The van der Waals surface area contributed by atoms with Crippen molar-refractivity contribution >= 4 is 11.7 Å². The zero-order chi connectivity index (χ0) is 12.4. The van der Waals surface area contributed by atoms with Crippen molar-refractivity contribution in [2.75, 3.05) is 13.2 Å². The van der Waals surface area contributed by atoms with Gasteiger partial charge in [-0.3, -0.25) is 4.79 Å². The molecular weight excluding hydrogens is 210 g/mol. The summed E-state index contributed by atoms with van der Waals surface area (Å²) in [4.78, 5) is 11.4. The number of hydrogen-bond donors (Lipinski definition) is 3. The maximum absolute atomic E-state index is 11.4. The number of nitrogens with two attached hydrogens (primary N) is 1. The van der Waals surface area contributed by atoms with Crippen molar-refractivity contribution in [1.29, 1.82) is 0 Å². The molecule has 0 fully saturated rings. The Morgan fingerprint density at radius 1 is 1.56 bits per heavy atom. The number of hydrogen-bond acceptors (Lipinski definition) is 4. The van der Waals surface area contributed by atoms with E-state index < -0.39 is 6.04 Å². The predicted molar refractivity (Wildman–Crippen MR) is 61.4 cm³/mol. The van der Waals surface area contributed by atoms with Crippen LogP contribution in [0, 0.1) is 0 Å². The van der Waals surface area contributed by atoms with Crippen molar-refractivity contribution in [2.24, 2.45) is 10.9 Å². The van der Waals surface area contributed by atoms with Crippen LogP contribution in [0.15, 0.2) is 5.16 Å². The van der Waals surface area contributed by atoms with Gasteiger partial charge in [0, 0.05) is 13.0 Å². The van der Waals surface area contributed by atoms with E-state index in [1.807, 2.05) is 13.8 Å². The standard InChI is InChI=1S/C10H21N3O3/c1-3-5-8(10(11)13-15)12-9(14)6-7-16-4-2/h8,15H,3-7H2,1-2H3,(H2,11,13)(H,12,14). The van der Waals surface area contributed by atoms with Gasteiger partial charge >= 0.3 is 0 Å². The van der Waals surface area contributed by atoms with Crippen LogP contribution in [0.2, 0.25) is 0 Å². The molecule has 0 aromatic carbocycles. The Balaban J connectivity index is 4.03. The van der Waals surface area contributed by atoms with Gasteiger partial charge in [-0.2, -0.15) is 0 Å². The lowest BCUT2D eigenvalue weighted by molar-refractivity contribution is -0.122. The largest absolute Gasteiger partial charge is 0.409 e. The summed E-state index contributed by atoms with van der Waals surface area (Å²) >= 11 is 0. The van der Waals surface area contributed by atoms with Crippen LogP contribution < -0.4 is 11.1 Å². The molecule has 94 valence electrons. The van der Waals surface area contributed by atoms with E-state index in [2.05, 4.69) is 10.5 Å². The Kier molecular flexibility index (Phi) is 8.24. The Morgan fingerprint density at radius 3 is 2.75 bits per heavy atom. The zero-order valence-corrected chi connectivity index (χ0v) is 9.90. The van der Waals surface area contributed by atoms with Crippen molar-refractivity contribution in [3.63, 3.8) is 0 Å². The lowest BCUT2D eigenvalue weighted by Crippen LogP contribution is -2.44. The van der Waals surface area contributed by atoms with E-state index >= 15 is 0 Å². The molecule has 0 aliphatic carbocycles. The molecule has 0 saturated heterocycles. The zero-order valence-electron chi connectivity index (χ0n) is 9.90. The van der Waals surface area contributed by atoms with E-state index in [1.54, 1.807) is 0 Å². The quantitative estimate of drug-likeness (QED) is 0.186. The Bertz CT molecular complexity index is 231. The van der Waals surface area contributed by atoms with Crippen molar-refractivity contribution in [2.45, 2.75) is 39.2 Å². The fourth-order valence-corrected chi connectivity index (χ4v) is 1.23. The molecule has 0 aromatic rings. The summed E-state index contributed by atoms with van der Waals surface area (Å²) in [5, 5.41) is 14.1. The van der Waals surface area contributed by atoms with Crippen LogP contribution in [0.1, 0.15) is 33.1 Å². The molecule has 0 spiro atoms. The van der Waals surface area contributed by atoms with E-state index in [0.717, 1.165) is 6.42 Å². The van der Waals surface area contributed by atoms with Crippen molar-refractivity contribution < 1.29 is 14.7 Å². The highest BCUT2D eigenvalue weighted by atomic mass is 16.5. The molecule has 0 bridgehead atoms. The third-order valence-electron chi connectivity index (χ3n) is 2.06. The second-order valence-electron chi connectivity index (χ2n) is 3.38. The van der Waals surface area contributed by atoms with Gasteiger partial charge in [0.2, 0.25) is 5.91 Å². The Labute approximate surface area is 95.8 Å². The third-order valence-corrected chi connectivity index (χ3v) is 2.06. The van der Waals surface area contributed by atoms with Crippen LogP contribution in [-0.4, -0.2) is 36.2 Å². The number of carbonyl (C=O) groups excluding carboxylic acids is 1. The number of rotatable bonds is 8. The first-order chi connectivity index (χ1) is 7.65. The molecule has 0 aliphatic rings. The van der Waals surface area contributed by atoms with Gasteiger partial charge in [0.05, 0.1) is 12.6 Å². The van der Waals surface area contributed by atoms with Crippen LogP contribution in [-0.2, 0) is 9.53 Å². The topological polar surface area (TPSA) is 96.9 Å². The number of ether oxygens (including phenoxy) is 1. The van der Waals surface area contributed by atoms with Crippen molar-refractivity contribution in [3.8, 4) is 0 Å². The first kappa shape index (κ1) is 14.7. The van der Waals surface area contributed by atoms with Gasteiger partial charge in [-0.05, 0) is 13.3 Å². The molecule has 0 aliphatic heterocycles. The normalized spacial score (nSPS) is 13.5. The van der Waals surface area contributed by atoms with Crippen LogP contribution in [0.4, 0.5) is 0 Å². The van der Waals surface area contributed by atoms with E-state index in [4.69, 9.17) is 15.7 Å². The highest BCUT2D eigenvalue weighted by Crippen LogP contribution is 1.97. The van der Waals surface area contributed by atoms with E-state index in [9.17, 15) is 4.79 Å². The van der Waals surface area contributed by atoms with Crippen LogP contribution in [0.5, 0.6) is 0 Å². The number of oxime groups is 1. The second-order valence-corrected chi connectivity index (χ2v) is 3.38. The van der Waals surface area contributed by atoms with Gasteiger partial charge in [-0.1, -0.05) is 18.5 Å². The van der Waals surface area contributed by atoms with Crippen LogP contribution in [0.25, 0.3) is 0 Å². The third kappa shape index (κ3) is 6.23. The molecule has 0 heterocycles. The molecule has 0 aromatic heterocycles. The molecule has 0 saturated carbocycles. The monoisotopic (exact) mass is 231 g/mol. The SMILES string of the molecule is CCCC(NC(=O)CCOCC)C(N)=NO. The molecule has 1 unspecified atom stereocenters. The number of amidine groups is 1. The summed E-state index contributed by atoms with van der Waals surface area (Å²) < 4.78 is 5.06. The molecule has 0 rings (SSSR count). The molecule has 16 heavy (non-hydrogen) atoms. The minimum atomic E-state index is -0.399. The second kappa shape index (κ2) is 8.96. The maximum Gasteiger partial charge on any atom is 0.222 e. The minimum absolute atomic E-state index is 0.0339. The minimum Gasteiger partial charge on any atom is -0.409 e. The van der Waals surface area contributed by atoms with Crippen LogP contribution in [0.3, 0.4) is 0 Å². The van der Waals surface area contributed by atoms with Crippen molar-refractivity contribution in [3.05, 3.63) is 0 Å². The molecule has 4 N–H and O–H groups in total. The van der Waals surface area contributed by atoms with Gasteiger partial charge in [-0.25, -0.2) is 0 Å². The summed E-state index contributed by atoms with van der Waals surface area (Å²) in [6.45, 7) is 4.81. The maximum atomic E-state index is 11.4. The van der Waals surface area contributed by atoms with Gasteiger partial charge in [0.1, 0.15) is 0 Å². The molecule has 1 atom stereocenters. The summed E-state index contributed by atoms with van der Waals surface area (Å²) in [5.41, 5.74) is 5.46. The van der Waals surface area contributed by atoms with Gasteiger partial charge in [0.25, 0.3) is 0 Å². The molecule has 6 heteroatoms. The molecule has 6 nitrogen and oxygen atoms in total. The van der Waals surface area contributed by atoms with E-state index in [1.165, 1.54) is 0 Å². The predicted octanol–water partition coefficient (Wildman–Crippen LogP) is 0.444. The Morgan fingerprint density at radius 2 is 2.25 bits per heavy atom. The lowest BCUT2D eigenvalue weighted by atomic mass is 10.1. The number of carbonyl (C=O) groups is 1. The lowest BCUT2D eigenvalue weighted by Gasteiger charge is -2.16. The first-order valence-corrected chi connectivity index (χ1v) is 5.50. The molecular formula is C10H21N3O3. The average Bonchev–Trinajstić information content (AvgIpc) is 2.28. The van der Waals surface area contributed by atoms with Crippen molar-refractivity contribution in [1.82, 2.24) is 5.32 Å². The fourth-order valence-electron chi connectivity index (χ4n) is 1.23. The number of nitrogens with one attached hydrogen (secondary N) is 1. The summed E-state index contributed by atoms with van der Waals surface area (Å²) in [6, 6.07) is -0.399. The highest BCUT2D eigenvalue weighted by molar-refractivity contribution is 5.89. The Hall–Kier alpha value is -1.30. The number of amides is 1.